The maximum Gasteiger partial charge on any atom is 0.416 e. The summed E-state index contributed by atoms with van der Waals surface area (Å²) < 4.78 is 42.7. The summed E-state index contributed by atoms with van der Waals surface area (Å²) in [5.41, 5.74) is -1.79. The summed E-state index contributed by atoms with van der Waals surface area (Å²) in [6.45, 7) is 0.0545. The summed E-state index contributed by atoms with van der Waals surface area (Å²) in [6.07, 6.45) is -4.64. The van der Waals surface area contributed by atoms with Gasteiger partial charge in [-0.25, -0.2) is 0 Å². The molecule has 0 saturated heterocycles. The van der Waals surface area contributed by atoms with Crippen molar-refractivity contribution in [2.75, 3.05) is 5.32 Å². The van der Waals surface area contributed by atoms with Crippen LogP contribution in [-0.4, -0.2) is 4.92 Å². The normalized spacial score (nSPS) is 11.4. The van der Waals surface area contributed by atoms with Crippen LogP contribution in [0.5, 0.6) is 0 Å². The molecule has 9 heteroatoms. The smallest absolute Gasteiger partial charge is 0.416 e. The maximum atomic E-state index is 12.5. The van der Waals surface area contributed by atoms with Crippen molar-refractivity contribution >= 4 is 23.0 Å². The molecular weight excluding hydrogens is 313 g/mol. The zero-order chi connectivity index (χ0) is 15.6. The summed E-state index contributed by atoms with van der Waals surface area (Å²) in [5, 5.41) is 13.7. The first-order valence-electron chi connectivity index (χ1n) is 5.61. The van der Waals surface area contributed by atoms with Crippen LogP contribution in [0.15, 0.2) is 34.7 Å². The van der Waals surface area contributed by atoms with Gasteiger partial charge in [-0.05, 0) is 35.9 Å². The average Bonchev–Trinajstić information content (AvgIpc) is 2.80. The van der Waals surface area contributed by atoms with Gasteiger partial charge in [-0.1, -0.05) is 0 Å². The fourth-order valence-electron chi connectivity index (χ4n) is 1.64. The number of alkyl halides is 3. The van der Waals surface area contributed by atoms with E-state index >= 15 is 0 Å². The lowest BCUT2D eigenvalue weighted by Crippen LogP contribution is -2.08. The highest BCUT2D eigenvalue weighted by molar-refractivity contribution is 6.28. The largest absolute Gasteiger partial charge is 0.448 e. The second-order valence-electron chi connectivity index (χ2n) is 4.05. The monoisotopic (exact) mass is 320 g/mol. The number of benzene rings is 1. The lowest BCUT2D eigenvalue weighted by molar-refractivity contribution is -0.384. The Morgan fingerprint density at radius 1 is 1.29 bits per heavy atom. The highest BCUT2D eigenvalue weighted by atomic mass is 35.5. The van der Waals surface area contributed by atoms with E-state index in [-0.39, 0.29) is 17.5 Å². The lowest BCUT2D eigenvalue weighted by atomic mass is 10.1. The van der Waals surface area contributed by atoms with E-state index in [9.17, 15) is 23.3 Å². The van der Waals surface area contributed by atoms with Crippen molar-refractivity contribution in [2.45, 2.75) is 12.7 Å². The molecule has 1 heterocycles. The van der Waals surface area contributed by atoms with Crippen LogP contribution in [-0.2, 0) is 12.7 Å². The molecule has 112 valence electrons. The van der Waals surface area contributed by atoms with Gasteiger partial charge >= 0.3 is 6.18 Å². The van der Waals surface area contributed by atoms with E-state index in [0.717, 1.165) is 12.1 Å². The van der Waals surface area contributed by atoms with Crippen LogP contribution < -0.4 is 5.32 Å². The van der Waals surface area contributed by atoms with E-state index in [1.54, 1.807) is 6.07 Å². The predicted octanol–water partition coefficient (Wildman–Crippen LogP) is 4.47. The van der Waals surface area contributed by atoms with Crippen LogP contribution in [0.4, 0.5) is 24.5 Å². The number of hydrogen-bond donors (Lipinski definition) is 1. The fraction of sp³-hybridized carbons (Fsp3) is 0.167. The number of hydrogen-bond acceptors (Lipinski definition) is 4. The number of rotatable bonds is 4. The Labute approximate surface area is 121 Å². The van der Waals surface area contributed by atoms with Crippen LogP contribution in [0.3, 0.4) is 0 Å². The Hall–Kier alpha value is -2.22. The molecule has 0 fully saturated rings. The first kappa shape index (κ1) is 15.2. The summed E-state index contributed by atoms with van der Waals surface area (Å²) in [6, 6.07) is 5.29. The molecule has 1 aromatic heterocycles. The van der Waals surface area contributed by atoms with Gasteiger partial charge in [0.1, 0.15) is 11.4 Å². The van der Waals surface area contributed by atoms with Gasteiger partial charge in [-0.2, -0.15) is 13.2 Å². The molecule has 0 radical (unpaired) electrons. The van der Waals surface area contributed by atoms with Crippen LogP contribution >= 0.6 is 11.6 Å². The topological polar surface area (TPSA) is 68.3 Å². The summed E-state index contributed by atoms with van der Waals surface area (Å²) in [4.78, 5) is 9.99. The minimum atomic E-state index is -4.64. The van der Waals surface area contributed by atoms with Crippen molar-refractivity contribution in [3.8, 4) is 0 Å². The molecule has 2 aromatic rings. The van der Waals surface area contributed by atoms with Gasteiger partial charge in [0.25, 0.3) is 5.69 Å². The van der Waals surface area contributed by atoms with Crippen LogP contribution in [0, 0.1) is 10.1 Å². The molecule has 1 N–H and O–H groups in total. The summed E-state index contributed by atoms with van der Waals surface area (Å²) in [5.74, 6) is 0.397. The minimum Gasteiger partial charge on any atom is -0.448 e. The molecule has 1 aromatic carbocycles. The van der Waals surface area contributed by atoms with E-state index in [1.807, 2.05) is 0 Å². The van der Waals surface area contributed by atoms with Crippen molar-refractivity contribution in [3.05, 3.63) is 57.0 Å². The van der Waals surface area contributed by atoms with Crippen molar-refractivity contribution in [3.63, 3.8) is 0 Å². The molecule has 5 nitrogen and oxygen atoms in total. The Kier molecular flexibility index (Phi) is 4.08. The zero-order valence-electron chi connectivity index (χ0n) is 10.3. The number of furan rings is 1. The molecule has 0 aliphatic rings. The predicted molar refractivity (Wildman–Crippen MR) is 69.1 cm³/mol. The number of nitro benzene ring substituents is 1. The standard InChI is InChI=1S/C12H8ClF3N2O3/c13-11-4-2-8(21-11)6-17-9-3-1-7(12(14,15)16)5-10(9)18(19)20/h1-5,17H,6H2. The Balaban J connectivity index is 2.24. The fourth-order valence-corrected chi connectivity index (χ4v) is 1.80. The molecule has 0 saturated carbocycles. The number of nitro groups is 1. The number of nitrogens with zero attached hydrogens (tertiary/aromatic N) is 1. The third-order valence-corrected chi connectivity index (χ3v) is 2.81. The minimum absolute atomic E-state index is 0.0412. The molecule has 0 aliphatic carbocycles. The quantitative estimate of drug-likeness (QED) is 0.666. The molecule has 0 aliphatic heterocycles. The number of halogens is 4. The molecule has 2 rings (SSSR count). The van der Waals surface area contributed by atoms with E-state index in [4.69, 9.17) is 16.0 Å². The molecule has 0 atom stereocenters. The molecular formula is C12H8ClF3N2O3. The Bertz CT molecular complexity index is 670. The van der Waals surface area contributed by atoms with E-state index < -0.39 is 22.4 Å². The van der Waals surface area contributed by atoms with Crippen molar-refractivity contribution in [1.29, 1.82) is 0 Å². The van der Waals surface area contributed by atoms with Crippen LogP contribution in [0.2, 0.25) is 5.22 Å². The second kappa shape index (κ2) is 5.65. The molecule has 0 amide bonds. The van der Waals surface area contributed by atoms with Gasteiger partial charge in [0.05, 0.1) is 17.0 Å². The highest BCUT2D eigenvalue weighted by Gasteiger charge is 2.33. The Morgan fingerprint density at radius 2 is 2.00 bits per heavy atom. The second-order valence-corrected chi connectivity index (χ2v) is 4.42. The summed E-state index contributed by atoms with van der Waals surface area (Å²) in [7, 11) is 0. The SMILES string of the molecule is O=[N+]([O-])c1cc(C(F)(F)F)ccc1NCc1ccc(Cl)o1. The van der Waals surface area contributed by atoms with Gasteiger partial charge in [0.2, 0.25) is 0 Å². The molecule has 21 heavy (non-hydrogen) atoms. The van der Waals surface area contributed by atoms with Crippen LogP contribution in [0.25, 0.3) is 0 Å². The van der Waals surface area contributed by atoms with E-state index in [0.29, 0.717) is 11.8 Å². The van der Waals surface area contributed by atoms with Crippen LogP contribution in [0.1, 0.15) is 11.3 Å². The zero-order valence-corrected chi connectivity index (χ0v) is 11.0. The van der Waals surface area contributed by atoms with Crippen molar-refractivity contribution < 1.29 is 22.5 Å². The van der Waals surface area contributed by atoms with Crippen molar-refractivity contribution in [2.24, 2.45) is 0 Å². The first-order valence-corrected chi connectivity index (χ1v) is 5.99. The van der Waals surface area contributed by atoms with Gasteiger partial charge in [0.15, 0.2) is 5.22 Å². The molecule has 0 unspecified atom stereocenters. The number of nitrogens with one attached hydrogen (secondary N) is 1. The van der Waals surface area contributed by atoms with Gasteiger partial charge in [0, 0.05) is 6.07 Å². The highest BCUT2D eigenvalue weighted by Crippen LogP contribution is 2.35. The average molecular weight is 321 g/mol. The Morgan fingerprint density at radius 3 is 2.52 bits per heavy atom. The van der Waals surface area contributed by atoms with E-state index in [1.165, 1.54) is 6.07 Å². The number of anilines is 1. The van der Waals surface area contributed by atoms with Gasteiger partial charge in [-0.3, -0.25) is 10.1 Å². The third kappa shape index (κ3) is 3.66. The maximum absolute atomic E-state index is 12.5. The lowest BCUT2D eigenvalue weighted by Gasteiger charge is -2.09. The van der Waals surface area contributed by atoms with Crippen molar-refractivity contribution in [1.82, 2.24) is 0 Å². The van der Waals surface area contributed by atoms with Gasteiger partial charge in [-0.15, -0.1) is 0 Å². The molecule has 0 bridgehead atoms. The summed E-state index contributed by atoms with van der Waals surface area (Å²) >= 11 is 5.57. The molecule has 0 spiro atoms. The first-order chi connectivity index (χ1) is 9.77. The van der Waals surface area contributed by atoms with E-state index in [2.05, 4.69) is 5.32 Å². The van der Waals surface area contributed by atoms with Gasteiger partial charge < -0.3 is 9.73 Å². The third-order valence-electron chi connectivity index (χ3n) is 2.60.